The van der Waals surface area contributed by atoms with Crippen molar-refractivity contribution in [1.29, 1.82) is 0 Å². The van der Waals surface area contributed by atoms with Crippen LogP contribution in [0, 0.1) is 5.92 Å². The lowest BCUT2D eigenvalue weighted by molar-refractivity contribution is -0.139. The predicted octanol–water partition coefficient (Wildman–Crippen LogP) is 0.976. The number of carboxylic acid groups (broad SMARTS) is 1. The summed E-state index contributed by atoms with van der Waals surface area (Å²) in [6, 6.07) is 9.76. The topological polar surface area (TPSA) is 95.5 Å². The van der Waals surface area contributed by atoms with Crippen LogP contribution in [0.25, 0.3) is 0 Å². The minimum Gasteiger partial charge on any atom is -0.481 e. The van der Waals surface area contributed by atoms with E-state index >= 15 is 0 Å². The predicted molar refractivity (Wildman–Crippen MR) is 75.1 cm³/mol. The largest absolute Gasteiger partial charge is 0.481 e. The van der Waals surface area contributed by atoms with Crippen LogP contribution in [0.4, 0.5) is 0 Å². The third-order valence-electron chi connectivity index (χ3n) is 3.88. The molecule has 6 nitrogen and oxygen atoms in total. The zero-order chi connectivity index (χ0) is 15.5. The molecular formula is C15H18N2O4. The molecule has 1 aromatic rings. The van der Waals surface area contributed by atoms with E-state index in [2.05, 4.69) is 10.9 Å². The summed E-state index contributed by atoms with van der Waals surface area (Å²) in [4.78, 5) is 33.7. The van der Waals surface area contributed by atoms with Gasteiger partial charge in [0.1, 0.15) is 0 Å². The molecule has 1 fully saturated rings. The molecule has 0 heterocycles. The fraction of sp³-hybridized carbons (Fsp3) is 0.400. The average molecular weight is 290 g/mol. The number of rotatable bonds is 5. The van der Waals surface area contributed by atoms with Gasteiger partial charge in [-0.25, -0.2) is 0 Å². The Bertz CT molecular complexity index is 558. The van der Waals surface area contributed by atoms with E-state index in [0.29, 0.717) is 0 Å². The lowest BCUT2D eigenvalue weighted by Crippen LogP contribution is -2.43. The summed E-state index contributed by atoms with van der Waals surface area (Å²) in [5, 5.41) is 8.47. The number of carbonyl (C=O) groups excluding carboxylic acids is 2. The lowest BCUT2D eigenvalue weighted by atomic mass is 9.95. The smallest absolute Gasteiger partial charge is 0.303 e. The van der Waals surface area contributed by atoms with Crippen LogP contribution in [0.3, 0.4) is 0 Å². The molecule has 0 bridgehead atoms. The van der Waals surface area contributed by atoms with E-state index < -0.39 is 11.9 Å². The van der Waals surface area contributed by atoms with E-state index in [9.17, 15) is 14.4 Å². The summed E-state index contributed by atoms with van der Waals surface area (Å²) in [6.45, 7) is 2.01. The Morgan fingerprint density at radius 3 is 2.48 bits per heavy atom. The summed E-state index contributed by atoms with van der Waals surface area (Å²) in [5.74, 6) is -1.98. The van der Waals surface area contributed by atoms with Crippen molar-refractivity contribution in [3.63, 3.8) is 0 Å². The van der Waals surface area contributed by atoms with Crippen molar-refractivity contribution in [2.45, 2.75) is 31.6 Å². The minimum atomic E-state index is -1.05. The van der Waals surface area contributed by atoms with Crippen LogP contribution in [0.1, 0.15) is 31.7 Å². The molecule has 0 unspecified atom stereocenters. The minimum absolute atomic E-state index is 0.157. The highest BCUT2D eigenvalue weighted by Gasteiger charge is 2.55. The molecule has 1 aliphatic rings. The van der Waals surface area contributed by atoms with E-state index in [1.807, 2.05) is 37.3 Å². The Morgan fingerprint density at radius 1 is 1.19 bits per heavy atom. The van der Waals surface area contributed by atoms with Crippen molar-refractivity contribution in [3.05, 3.63) is 35.9 Å². The monoisotopic (exact) mass is 290 g/mol. The highest BCUT2D eigenvalue weighted by atomic mass is 16.4. The molecule has 2 amide bonds. The van der Waals surface area contributed by atoms with E-state index in [1.165, 1.54) is 0 Å². The first-order chi connectivity index (χ1) is 9.93. The molecule has 21 heavy (non-hydrogen) atoms. The average Bonchev–Trinajstić information content (AvgIpc) is 3.17. The van der Waals surface area contributed by atoms with Crippen molar-refractivity contribution in [2.75, 3.05) is 0 Å². The van der Waals surface area contributed by atoms with Crippen LogP contribution in [-0.2, 0) is 19.8 Å². The molecular weight excluding hydrogens is 272 g/mol. The van der Waals surface area contributed by atoms with Gasteiger partial charge in [-0.15, -0.1) is 0 Å². The lowest BCUT2D eigenvalue weighted by Gasteiger charge is -2.12. The van der Waals surface area contributed by atoms with Gasteiger partial charge >= 0.3 is 5.97 Å². The Morgan fingerprint density at radius 2 is 1.86 bits per heavy atom. The number of carbonyl (C=O) groups is 3. The van der Waals surface area contributed by atoms with Crippen LogP contribution in [-0.4, -0.2) is 22.9 Å². The molecule has 6 heteroatoms. The number of hydrazine groups is 1. The first-order valence-corrected chi connectivity index (χ1v) is 6.79. The third kappa shape index (κ3) is 3.59. The molecule has 1 aromatic carbocycles. The molecule has 112 valence electrons. The van der Waals surface area contributed by atoms with Gasteiger partial charge in [0, 0.05) is 17.8 Å². The Kier molecular flexibility index (Phi) is 4.26. The van der Waals surface area contributed by atoms with Crippen LogP contribution in [0.2, 0.25) is 0 Å². The maximum Gasteiger partial charge on any atom is 0.303 e. The standard InChI is InChI=1S/C15H18N2O4/c1-15(10-5-3-2-4-6-10)9-11(15)14(21)17-16-12(18)7-8-13(19)20/h2-6,11H,7-9H2,1H3,(H,16,18)(H,17,21)(H,19,20)/t11-,15+/m0/s1. The van der Waals surface area contributed by atoms with Gasteiger partial charge in [-0.1, -0.05) is 37.3 Å². The Balaban J connectivity index is 1.81. The van der Waals surface area contributed by atoms with Gasteiger partial charge in [-0.3, -0.25) is 25.2 Å². The second-order valence-corrected chi connectivity index (χ2v) is 5.47. The van der Waals surface area contributed by atoms with E-state index in [0.717, 1.165) is 12.0 Å². The van der Waals surface area contributed by atoms with Gasteiger partial charge in [-0.2, -0.15) is 0 Å². The molecule has 1 saturated carbocycles. The van der Waals surface area contributed by atoms with Crippen molar-refractivity contribution in [1.82, 2.24) is 10.9 Å². The number of aliphatic carboxylic acids is 1. The Labute approximate surface area is 122 Å². The first kappa shape index (κ1) is 15.0. The fourth-order valence-corrected chi connectivity index (χ4v) is 2.39. The molecule has 2 atom stereocenters. The number of hydrogen-bond donors (Lipinski definition) is 3. The van der Waals surface area contributed by atoms with Gasteiger partial charge in [0.15, 0.2) is 0 Å². The van der Waals surface area contributed by atoms with Crippen molar-refractivity contribution in [3.8, 4) is 0 Å². The molecule has 0 aliphatic heterocycles. The summed E-state index contributed by atoms with van der Waals surface area (Å²) >= 11 is 0. The van der Waals surface area contributed by atoms with E-state index in [4.69, 9.17) is 5.11 Å². The van der Waals surface area contributed by atoms with E-state index in [-0.39, 0.29) is 30.1 Å². The van der Waals surface area contributed by atoms with Crippen molar-refractivity contribution < 1.29 is 19.5 Å². The molecule has 1 aliphatic carbocycles. The highest BCUT2D eigenvalue weighted by Crippen LogP contribution is 2.53. The zero-order valence-electron chi connectivity index (χ0n) is 11.8. The third-order valence-corrected chi connectivity index (χ3v) is 3.88. The summed E-state index contributed by atoms with van der Waals surface area (Å²) < 4.78 is 0. The van der Waals surface area contributed by atoms with Crippen LogP contribution in [0.5, 0.6) is 0 Å². The fourth-order valence-electron chi connectivity index (χ4n) is 2.39. The van der Waals surface area contributed by atoms with Crippen LogP contribution < -0.4 is 10.9 Å². The number of carboxylic acids is 1. The quantitative estimate of drug-likeness (QED) is 0.704. The second kappa shape index (κ2) is 5.95. The van der Waals surface area contributed by atoms with Gasteiger partial charge < -0.3 is 5.11 Å². The second-order valence-electron chi connectivity index (χ2n) is 5.47. The maximum absolute atomic E-state index is 12.0. The Hall–Kier alpha value is -2.37. The molecule has 0 aromatic heterocycles. The van der Waals surface area contributed by atoms with Crippen molar-refractivity contribution >= 4 is 17.8 Å². The van der Waals surface area contributed by atoms with Crippen LogP contribution >= 0.6 is 0 Å². The molecule has 2 rings (SSSR count). The molecule has 3 N–H and O–H groups in total. The number of benzene rings is 1. The normalized spacial score (nSPS) is 23.2. The maximum atomic E-state index is 12.0. The highest BCUT2D eigenvalue weighted by molar-refractivity contribution is 5.87. The van der Waals surface area contributed by atoms with Crippen LogP contribution in [0.15, 0.2) is 30.3 Å². The first-order valence-electron chi connectivity index (χ1n) is 6.79. The molecule has 0 radical (unpaired) electrons. The van der Waals surface area contributed by atoms with Gasteiger partial charge in [-0.05, 0) is 12.0 Å². The zero-order valence-corrected chi connectivity index (χ0v) is 11.8. The van der Waals surface area contributed by atoms with Gasteiger partial charge in [0.2, 0.25) is 11.8 Å². The molecule has 0 saturated heterocycles. The number of amides is 2. The summed E-state index contributed by atoms with van der Waals surface area (Å²) in [5.41, 5.74) is 5.51. The summed E-state index contributed by atoms with van der Waals surface area (Å²) in [7, 11) is 0. The van der Waals surface area contributed by atoms with Crippen molar-refractivity contribution in [2.24, 2.45) is 5.92 Å². The van der Waals surface area contributed by atoms with E-state index in [1.54, 1.807) is 0 Å². The van der Waals surface area contributed by atoms with Gasteiger partial charge in [0.05, 0.1) is 6.42 Å². The molecule has 0 spiro atoms. The SMILES string of the molecule is C[C@]1(c2ccccc2)C[C@H]1C(=O)NNC(=O)CCC(=O)O. The van der Waals surface area contributed by atoms with Gasteiger partial charge in [0.25, 0.3) is 0 Å². The number of hydrogen-bond acceptors (Lipinski definition) is 3. The number of nitrogens with one attached hydrogen (secondary N) is 2. The summed E-state index contributed by atoms with van der Waals surface area (Å²) in [6.07, 6.45) is 0.316.